The van der Waals surface area contributed by atoms with E-state index in [1.165, 1.54) is 54.1 Å². The molecule has 0 fully saturated rings. The zero-order valence-corrected chi connectivity index (χ0v) is 27.9. The van der Waals surface area contributed by atoms with Gasteiger partial charge in [-0.15, -0.1) is 0 Å². The third kappa shape index (κ3) is 4.58. The van der Waals surface area contributed by atoms with Gasteiger partial charge in [-0.3, -0.25) is 0 Å². The van der Waals surface area contributed by atoms with Crippen LogP contribution in [0.1, 0.15) is 37.3 Å². The molecular formula is C47H35N3. The molecule has 238 valence electrons. The van der Waals surface area contributed by atoms with Crippen LogP contribution in [0.2, 0.25) is 0 Å². The second-order valence-electron chi connectivity index (χ2n) is 13.7. The molecule has 0 bridgehead atoms. The summed E-state index contributed by atoms with van der Waals surface area (Å²) in [6.07, 6.45) is 15.8. The van der Waals surface area contributed by atoms with Crippen molar-refractivity contribution in [2.45, 2.75) is 25.8 Å². The van der Waals surface area contributed by atoms with Crippen LogP contribution in [0.15, 0.2) is 158 Å². The first-order valence-corrected chi connectivity index (χ1v) is 17.7. The highest BCUT2D eigenvalue weighted by Crippen LogP contribution is 2.44. The predicted octanol–water partition coefficient (Wildman–Crippen LogP) is 12.3. The van der Waals surface area contributed by atoms with E-state index in [0.717, 1.165) is 46.8 Å². The van der Waals surface area contributed by atoms with Gasteiger partial charge in [0.25, 0.3) is 0 Å². The average Bonchev–Trinajstić information content (AvgIpc) is 3.53. The maximum Gasteiger partial charge on any atom is 0.160 e. The van der Waals surface area contributed by atoms with Crippen LogP contribution in [0.3, 0.4) is 0 Å². The van der Waals surface area contributed by atoms with E-state index in [0.29, 0.717) is 0 Å². The molecule has 3 nitrogen and oxygen atoms in total. The van der Waals surface area contributed by atoms with E-state index in [1.807, 2.05) is 0 Å². The highest BCUT2D eigenvalue weighted by molar-refractivity contribution is 6.28. The van der Waals surface area contributed by atoms with E-state index in [-0.39, 0.29) is 12.0 Å². The third-order valence-corrected chi connectivity index (χ3v) is 10.7. The minimum Gasteiger partial charge on any atom is -0.333 e. The van der Waals surface area contributed by atoms with E-state index >= 15 is 0 Å². The van der Waals surface area contributed by atoms with Gasteiger partial charge in [0.15, 0.2) is 5.82 Å². The Morgan fingerprint density at radius 2 is 1.20 bits per heavy atom. The number of aromatic nitrogens is 3. The third-order valence-electron chi connectivity index (χ3n) is 10.7. The number of fused-ring (bicyclic) bond motifs is 8. The lowest BCUT2D eigenvalue weighted by Gasteiger charge is -2.27. The maximum absolute atomic E-state index is 5.33. The molecule has 3 heteroatoms. The summed E-state index contributed by atoms with van der Waals surface area (Å²) in [5, 5.41) is 10.1. The lowest BCUT2D eigenvalue weighted by molar-refractivity contribution is 0.511. The summed E-state index contributed by atoms with van der Waals surface area (Å²) in [4.78, 5) is 10.6. The van der Waals surface area contributed by atoms with E-state index in [2.05, 4.69) is 169 Å². The lowest BCUT2D eigenvalue weighted by Crippen LogP contribution is -2.17. The summed E-state index contributed by atoms with van der Waals surface area (Å²) >= 11 is 0. The smallest absolute Gasteiger partial charge is 0.160 e. The van der Waals surface area contributed by atoms with Gasteiger partial charge in [0.2, 0.25) is 0 Å². The molecule has 2 unspecified atom stereocenters. The fourth-order valence-corrected chi connectivity index (χ4v) is 8.23. The number of hydrogen-bond acceptors (Lipinski definition) is 2. The van der Waals surface area contributed by atoms with Crippen LogP contribution in [-0.4, -0.2) is 14.5 Å². The van der Waals surface area contributed by atoms with Crippen molar-refractivity contribution in [1.82, 2.24) is 14.5 Å². The van der Waals surface area contributed by atoms with E-state index in [1.54, 1.807) is 0 Å². The molecule has 2 aliphatic carbocycles. The van der Waals surface area contributed by atoms with Gasteiger partial charge in [-0.2, -0.15) is 0 Å². The molecule has 2 aliphatic rings. The van der Waals surface area contributed by atoms with Gasteiger partial charge < -0.3 is 4.57 Å². The van der Waals surface area contributed by atoms with Crippen LogP contribution >= 0.6 is 0 Å². The first-order valence-electron chi connectivity index (χ1n) is 17.7. The van der Waals surface area contributed by atoms with Crippen molar-refractivity contribution < 1.29 is 0 Å². The highest BCUT2D eigenvalue weighted by atomic mass is 15.0. The summed E-state index contributed by atoms with van der Waals surface area (Å²) < 4.78 is 2.57. The Balaban J connectivity index is 1.21. The van der Waals surface area contributed by atoms with Gasteiger partial charge in [0.1, 0.15) is 0 Å². The van der Waals surface area contributed by atoms with Gasteiger partial charge >= 0.3 is 0 Å². The number of nitrogens with zero attached hydrogens (tertiary/aromatic N) is 3. The molecule has 50 heavy (non-hydrogen) atoms. The zero-order valence-electron chi connectivity index (χ0n) is 27.9. The standard InChI is InChI=1S/C47H35N3/c1-30-22-23-35(47-48-40(34-15-3-2-4-16-34)29-41(49-47)39-21-11-17-31-12-5-8-18-36(31)39)28-44(30)50-42-26-24-32-13-6-9-19-37(32)45(42)46-38-20-10-7-14-33(38)25-27-43(46)50/h3,5-30,44H,2,4H2,1H3. The lowest BCUT2D eigenvalue weighted by atomic mass is 9.91. The molecular weight excluding hydrogens is 607 g/mol. The molecule has 2 atom stereocenters. The molecule has 2 aromatic heterocycles. The highest BCUT2D eigenvalue weighted by Gasteiger charge is 2.26. The first kappa shape index (κ1) is 28.9. The van der Waals surface area contributed by atoms with Crippen molar-refractivity contribution in [3.05, 3.63) is 169 Å². The van der Waals surface area contributed by atoms with Crippen molar-refractivity contribution in [2.24, 2.45) is 5.92 Å². The maximum atomic E-state index is 5.33. The van der Waals surface area contributed by atoms with Crippen molar-refractivity contribution in [2.75, 3.05) is 0 Å². The van der Waals surface area contributed by atoms with Crippen LogP contribution in [0.25, 0.3) is 76.5 Å². The van der Waals surface area contributed by atoms with Gasteiger partial charge in [-0.1, -0.05) is 147 Å². The predicted molar refractivity (Wildman–Crippen MR) is 211 cm³/mol. The molecule has 0 amide bonds. The van der Waals surface area contributed by atoms with Crippen molar-refractivity contribution >= 4 is 65.3 Å². The number of hydrogen-bond donors (Lipinski definition) is 0. The van der Waals surface area contributed by atoms with Crippen LogP contribution < -0.4 is 0 Å². The Bertz CT molecular complexity index is 2690. The van der Waals surface area contributed by atoms with Gasteiger partial charge in [-0.05, 0) is 74.8 Å². The fourth-order valence-electron chi connectivity index (χ4n) is 8.23. The second kappa shape index (κ2) is 11.5. The SMILES string of the molecule is CC1C=CC(c2nc(C3=CCCC=C3)cc(-c3cccc4ccccc34)n2)=CC1n1c2ccc3ccccc3c2c2c3ccccc3ccc21. The average molecular weight is 642 g/mol. The topological polar surface area (TPSA) is 30.7 Å². The van der Waals surface area contributed by atoms with E-state index in [9.17, 15) is 0 Å². The largest absolute Gasteiger partial charge is 0.333 e. The Labute approximate surface area is 291 Å². The summed E-state index contributed by atoms with van der Waals surface area (Å²) in [6, 6.07) is 44.1. The number of allylic oxidation sites excluding steroid dienone is 8. The first-order chi connectivity index (χ1) is 24.7. The summed E-state index contributed by atoms with van der Waals surface area (Å²) in [7, 11) is 0. The molecule has 8 aromatic rings. The van der Waals surface area contributed by atoms with Gasteiger partial charge in [-0.25, -0.2) is 9.97 Å². The monoisotopic (exact) mass is 641 g/mol. The Kier molecular flexibility index (Phi) is 6.67. The molecule has 0 aliphatic heterocycles. The molecule has 10 rings (SSSR count). The second-order valence-corrected chi connectivity index (χ2v) is 13.7. The van der Waals surface area contributed by atoms with Crippen LogP contribution in [0.5, 0.6) is 0 Å². The van der Waals surface area contributed by atoms with Gasteiger partial charge in [0.05, 0.1) is 28.5 Å². The van der Waals surface area contributed by atoms with Crippen LogP contribution in [-0.2, 0) is 0 Å². The molecule has 0 saturated carbocycles. The molecule has 6 aromatic carbocycles. The molecule has 0 spiro atoms. The van der Waals surface area contributed by atoms with Crippen molar-refractivity contribution in [1.29, 1.82) is 0 Å². The van der Waals surface area contributed by atoms with E-state index < -0.39 is 0 Å². The quantitative estimate of drug-likeness (QED) is 0.191. The summed E-state index contributed by atoms with van der Waals surface area (Å²) in [6.45, 7) is 2.32. The number of rotatable bonds is 4. The Morgan fingerprint density at radius 1 is 0.580 bits per heavy atom. The minimum atomic E-state index is 0.0689. The van der Waals surface area contributed by atoms with Crippen molar-refractivity contribution in [3.8, 4) is 11.3 Å². The molecule has 0 radical (unpaired) electrons. The normalized spacial score (nSPS) is 17.6. The molecule has 0 N–H and O–H groups in total. The summed E-state index contributed by atoms with van der Waals surface area (Å²) in [5.74, 6) is 1.02. The van der Waals surface area contributed by atoms with E-state index in [4.69, 9.17) is 9.97 Å². The van der Waals surface area contributed by atoms with Gasteiger partial charge in [0, 0.05) is 21.9 Å². The van der Waals surface area contributed by atoms with Crippen LogP contribution in [0.4, 0.5) is 0 Å². The number of benzene rings is 6. The Hall–Kier alpha value is -6.06. The zero-order chi connectivity index (χ0) is 33.2. The Morgan fingerprint density at radius 3 is 1.88 bits per heavy atom. The molecule has 2 heterocycles. The minimum absolute atomic E-state index is 0.0689. The molecule has 0 saturated heterocycles. The summed E-state index contributed by atoms with van der Waals surface area (Å²) in [5.41, 5.74) is 7.75. The fraction of sp³-hybridized carbons (Fsp3) is 0.106. The van der Waals surface area contributed by atoms with Crippen molar-refractivity contribution in [3.63, 3.8) is 0 Å². The van der Waals surface area contributed by atoms with Crippen LogP contribution in [0, 0.1) is 5.92 Å².